The van der Waals surface area contributed by atoms with Gasteiger partial charge in [-0.1, -0.05) is 0 Å². The average molecular weight is 104 g/mol. The zero-order valence-electron chi connectivity index (χ0n) is 3.48. The molecule has 0 unspecified atom stereocenters. The van der Waals surface area contributed by atoms with E-state index in [-0.39, 0.29) is 6.33 Å². The van der Waals surface area contributed by atoms with E-state index in [9.17, 15) is 0 Å². The standard InChI is InChI=1S/C3H6BClO/c5-4-2-1-3-6-4/h1-3H2. The third-order valence-corrected chi connectivity index (χ3v) is 1.22. The van der Waals surface area contributed by atoms with Crippen LogP contribution in [-0.2, 0) is 4.65 Å². The Bertz CT molecular complexity index is 44.1. The molecular formula is C3H6BClO. The molecule has 1 nitrogen and oxygen atoms in total. The number of halogens is 1. The van der Waals surface area contributed by atoms with E-state index in [1.54, 1.807) is 0 Å². The highest BCUT2D eigenvalue weighted by molar-refractivity contribution is 7.03. The first-order valence-electron chi connectivity index (χ1n) is 2.15. The molecule has 0 amide bonds. The van der Waals surface area contributed by atoms with Gasteiger partial charge in [-0.05, 0) is 12.7 Å². The van der Waals surface area contributed by atoms with Crippen molar-refractivity contribution in [3.05, 3.63) is 0 Å². The molecule has 0 aromatic heterocycles. The Balaban J connectivity index is 2.18. The normalized spacial score (nSPS) is 22.5. The van der Waals surface area contributed by atoms with Crippen LogP contribution in [0.5, 0.6) is 0 Å². The van der Waals surface area contributed by atoms with Crippen LogP contribution in [-0.4, -0.2) is 12.9 Å². The molecule has 0 aliphatic carbocycles. The lowest BCUT2D eigenvalue weighted by atomic mass is 9.95. The van der Waals surface area contributed by atoms with Crippen molar-refractivity contribution in [3.63, 3.8) is 0 Å². The van der Waals surface area contributed by atoms with E-state index in [4.69, 9.17) is 16.1 Å². The molecule has 0 spiro atoms. The van der Waals surface area contributed by atoms with Gasteiger partial charge in [0, 0.05) is 6.61 Å². The van der Waals surface area contributed by atoms with Gasteiger partial charge < -0.3 is 4.65 Å². The van der Waals surface area contributed by atoms with Crippen molar-refractivity contribution < 1.29 is 4.65 Å². The Morgan fingerprint density at radius 2 is 2.50 bits per heavy atom. The number of rotatable bonds is 0. The Labute approximate surface area is 42.7 Å². The molecule has 34 valence electrons. The predicted molar refractivity (Wildman–Crippen MR) is 27.0 cm³/mol. The van der Waals surface area contributed by atoms with Gasteiger partial charge in [0.25, 0.3) is 0 Å². The summed E-state index contributed by atoms with van der Waals surface area (Å²) in [5.41, 5.74) is 0. The van der Waals surface area contributed by atoms with Gasteiger partial charge >= 0.3 is 6.33 Å². The average Bonchev–Trinajstić information content (AvgIpc) is 1.86. The lowest BCUT2D eigenvalue weighted by molar-refractivity contribution is 0.369. The Morgan fingerprint density at radius 3 is 2.67 bits per heavy atom. The van der Waals surface area contributed by atoms with Crippen molar-refractivity contribution in [1.82, 2.24) is 0 Å². The quantitative estimate of drug-likeness (QED) is 0.419. The molecule has 0 aromatic rings. The van der Waals surface area contributed by atoms with Crippen LogP contribution in [0, 0.1) is 0 Å². The second-order valence-corrected chi connectivity index (χ2v) is 1.91. The maximum Gasteiger partial charge on any atom is 0.398 e. The van der Waals surface area contributed by atoms with E-state index in [1.165, 1.54) is 0 Å². The summed E-state index contributed by atoms with van der Waals surface area (Å²) < 4.78 is 4.92. The fourth-order valence-corrected chi connectivity index (χ4v) is 0.782. The molecule has 0 saturated carbocycles. The highest BCUT2D eigenvalue weighted by atomic mass is 35.5. The number of hydrogen-bond acceptors (Lipinski definition) is 1. The first kappa shape index (κ1) is 4.47. The molecule has 1 aliphatic heterocycles. The van der Waals surface area contributed by atoms with E-state index in [2.05, 4.69) is 0 Å². The summed E-state index contributed by atoms with van der Waals surface area (Å²) in [4.78, 5) is 0. The minimum atomic E-state index is 0.0185. The van der Waals surface area contributed by atoms with Gasteiger partial charge in [0.2, 0.25) is 0 Å². The largest absolute Gasteiger partial charge is 0.422 e. The van der Waals surface area contributed by atoms with Crippen LogP contribution >= 0.6 is 11.5 Å². The smallest absolute Gasteiger partial charge is 0.398 e. The Kier molecular flexibility index (Phi) is 1.38. The van der Waals surface area contributed by atoms with Crippen LogP contribution in [0.25, 0.3) is 0 Å². The van der Waals surface area contributed by atoms with E-state index in [1.807, 2.05) is 0 Å². The fraction of sp³-hybridized carbons (Fsp3) is 1.00. The molecule has 0 aromatic carbocycles. The van der Waals surface area contributed by atoms with Gasteiger partial charge in [-0.25, -0.2) is 0 Å². The third kappa shape index (κ3) is 0.886. The molecule has 0 N–H and O–H groups in total. The second-order valence-electron chi connectivity index (χ2n) is 1.42. The van der Waals surface area contributed by atoms with E-state index in [0.717, 1.165) is 19.3 Å². The number of hydrogen-bond donors (Lipinski definition) is 0. The fourth-order valence-electron chi connectivity index (χ4n) is 0.538. The molecule has 0 bridgehead atoms. The molecule has 3 heteroatoms. The zero-order chi connectivity index (χ0) is 4.41. The first-order valence-corrected chi connectivity index (χ1v) is 2.59. The van der Waals surface area contributed by atoms with Gasteiger partial charge in [-0.2, -0.15) is 11.5 Å². The summed E-state index contributed by atoms with van der Waals surface area (Å²) >= 11 is 5.49. The summed E-state index contributed by atoms with van der Waals surface area (Å²) in [7, 11) is 0. The minimum Gasteiger partial charge on any atom is -0.422 e. The van der Waals surface area contributed by atoms with Gasteiger partial charge in [0.1, 0.15) is 0 Å². The van der Waals surface area contributed by atoms with E-state index >= 15 is 0 Å². The topological polar surface area (TPSA) is 9.23 Å². The molecule has 1 rings (SSSR count). The Morgan fingerprint density at radius 1 is 1.67 bits per heavy atom. The monoisotopic (exact) mass is 104 g/mol. The zero-order valence-corrected chi connectivity index (χ0v) is 4.24. The lowest BCUT2D eigenvalue weighted by Gasteiger charge is -1.85. The van der Waals surface area contributed by atoms with Crippen molar-refractivity contribution >= 4 is 17.8 Å². The maximum atomic E-state index is 5.49. The molecule has 1 heterocycles. The van der Waals surface area contributed by atoms with Crippen LogP contribution < -0.4 is 0 Å². The van der Waals surface area contributed by atoms with Gasteiger partial charge in [0.15, 0.2) is 0 Å². The van der Waals surface area contributed by atoms with Gasteiger partial charge in [-0.15, -0.1) is 0 Å². The summed E-state index contributed by atoms with van der Waals surface area (Å²) in [5, 5.41) is 0. The minimum absolute atomic E-state index is 0.0185. The molecule has 1 aliphatic rings. The van der Waals surface area contributed by atoms with Crippen molar-refractivity contribution in [1.29, 1.82) is 0 Å². The second kappa shape index (κ2) is 1.85. The van der Waals surface area contributed by atoms with Gasteiger partial charge in [0.05, 0.1) is 0 Å². The maximum absolute atomic E-state index is 5.49. The Hall–Kier alpha value is 0.315. The third-order valence-electron chi connectivity index (χ3n) is 0.874. The molecule has 1 fully saturated rings. The molecule has 1 saturated heterocycles. The van der Waals surface area contributed by atoms with E-state index < -0.39 is 0 Å². The van der Waals surface area contributed by atoms with Crippen molar-refractivity contribution in [2.45, 2.75) is 12.7 Å². The highest BCUT2D eigenvalue weighted by Gasteiger charge is 2.16. The van der Waals surface area contributed by atoms with Crippen LogP contribution in [0.2, 0.25) is 6.32 Å². The van der Waals surface area contributed by atoms with Crippen LogP contribution in [0.4, 0.5) is 0 Å². The van der Waals surface area contributed by atoms with E-state index in [0.29, 0.717) is 0 Å². The molecule has 0 atom stereocenters. The van der Waals surface area contributed by atoms with Crippen molar-refractivity contribution in [2.75, 3.05) is 6.61 Å². The van der Waals surface area contributed by atoms with Gasteiger partial charge in [-0.3, -0.25) is 0 Å². The van der Waals surface area contributed by atoms with Crippen molar-refractivity contribution in [3.8, 4) is 0 Å². The molecular weight excluding hydrogens is 98.3 g/mol. The first-order chi connectivity index (χ1) is 2.89. The van der Waals surface area contributed by atoms with Crippen LogP contribution in [0.3, 0.4) is 0 Å². The summed E-state index contributed by atoms with van der Waals surface area (Å²) in [6.07, 6.45) is 2.18. The highest BCUT2D eigenvalue weighted by Crippen LogP contribution is 2.11. The SMILES string of the molecule is ClB1CCCO1. The van der Waals surface area contributed by atoms with Crippen molar-refractivity contribution in [2.24, 2.45) is 0 Å². The summed E-state index contributed by atoms with van der Waals surface area (Å²) in [5.74, 6) is 0. The molecule has 6 heavy (non-hydrogen) atoms. The summed E-state index contributed by atoms with van der Waals surface area (Å²) in [6, 6.07) is 0. The van der Waals surface area contributed by atoms with Crippen LogP contribution in [0.15, 0.2) is 0 Å². The van der Waals surface area contributed by atoms with Crippen LogP contribution in [0.1, 0.15) is 6.42 Å². The summed E-state index contributed by atoms with van der Waals surface area (Å²) in [6.45, 7) is 0.855. The molecule has 0 radical (unpaired) electrons. The lowest BCUT2D eigenvalue weighted by Crippen LogP contribution is -1.97. The predicted octanol–water partition coefficient (Wildman–Crippen LogP) is 1.13.